The van der Waals surface area contributed by atoms with Crippen LogP contribution in [0.3, 0.4) is 0 Å². The predicted molar refractivity (Wildman–Crippen MR) is 70.9 cm³/mol. The van der Waals surface area contributed by atoms with E-state index in [2.05, 4.69) is 25.2 Å². The lowest BCUT2D eigenvalue weighted by Gasteiger charge is -2.27. The standard InChI is InChI=1S/C15H25NO/c1-3-14(15-5-4-10-17-15)16-11-13-8-6-12(2)7-9-13/h4-5,10,12-14,16H,3,6-9,11H2,1-2H3. The molecule has 1 aromatic heterocycles. The van der Waals surface area contributed by atoms with Crippen LogP contribution in [0.1, 0.15) is 57.8 Å². The Balaban J connectivity index is 1.76. The molecule has 1 unspecified atom stereocenters. The quantitative estimate of drug-likeness (QED) is 0.829. The minimum Gasteiger partial charge on any atom is -0.468 e. The molecule has 1 heterocycles. The molecule has 0 radical (unpaired) electrons. The summed E-state index contributed by atoms with van der Waals surface area (Å²) < 4.78 is 5.48. The normalized spacial score (nSPS) is 26.9. The zero-order chi connectivity index (χ0) is 12.1. The van der Waals surface area contributed by atoms with Crippen LogP contribution in [0.5, 0.6) is 0 Å². The fraction of sp³-hybridized carbons (Fsp3) is 0.733. The molecule has 1 aromatic rings. The van der Waals surface area contributed by atoms with E-state index < -0.39 is 0 Å². The van der Waals surface area contributed by atoms with Crippen molar-refractivity contribution in [1.29, 1.82) is 0 Å². The topological polar surface area (TPSA) is 25.2 Å². The van der Waals surface area contributed by atoms with Crippen LogP contribution in [0.4, 0.5) is 0 Å². The maximum absolute atomic E-state index is 5.48. The minimum absolute atomic E-state index is 0.393. The summed E-state index contributed by atoms with van der Waals surface area (Å²) in [6.45, 7) is 5.73. The van der Waals surface area contributed by atoms with E-state index in [1.807, 2.05) is 6.07 Å². The van der Waals surface area contributed by atoms with Gasteiger partial charge in [0, 0.05) is 0 Å². The smallest absolute Gasteiger partial charge is 0.120 e. The zero-order valence-electron chi connectivity index (χ0n) is 11.1. The van der Waals surface area contributed by atoms with E-state index >= 15 is 0 Å². The van der Waals surface area contributed by atoms with Gasteiger partial charge in [-0.05, 0) is 49.8 Å². The average Bonchev–Trinajstić information content (AvgIpc) is 2.86. The van der Waals surface area contributed by atoms with Gasteiger partial charge in [0.25, 0.3) is 0 Å². The first-order valence-corrected chi connectivity index (χ1v) is 7.06. The van der Waals surface area contributed by atoms with Crippen molar-refractivity contribution in [2.24, 2.45) is 11.8 Å². The SMILES string of the molecule is CCC(NCC1CCC(C)CC1)c1ccco1. The average molecular weight is 235 g/mol. The van der Waals surface area contributed by atoms with Crippen LogP contribution >= 0.6 is 0 Å². The Morgan fingerprint density at radius 3 is 2.71 bits per heavy atom. The molecule has 0 bridgehead atoms. The second kappa shape index (κ2) is 6.25. The molecule has 1 aliphatic carbocycles. The van der Waals surface area contributed by atoms with Crippen LogP contribution in [0.15, 0.2) is 22.8 Å². The Morgan fingerprint density at radius 1 is 1.35 bits per heavy atom. The van der Waals surface area contributed by atoms with Gasteiger partial charge in [-0.25, -0.2) is 0 Å². The molecule has 0 amide bonds. The highest BCUT2D eigenvalue weighted by Gasteiger charge is 2.19. The highest BCUT2D eigenvalue weighted by Crippen LogP contribution is 2.28. The summed E-state index contributed by atoms with van der Waals surface area (Å²) in [5.41, 5.74) is 0. The molecule has 2 rings (SSSR count). The Morgan fingerprint density at radius 2 is 2.12 bits per heavy atom. The predicted octanol–water partition coefficient (Wildman–Crippen LogP) is 4.15. The lowest BCUT2D eigenvalue weighted by atomic mass is 9.83. The summed E-state index contributed by atoms with van der Waals surface area (Å²) in [5, 5.41) is 3.66. The number of furan rings is 1. The Kier molecular flexibility index (Phi) is 4.66. The van der Waals surface area contributed by atoms with Gasteiger partial charge in [0.2, 0.25) is 0 Å². The molecule has 0 aromatic carbocycles. The summed E-state index contributed by atoms with van der Waals surface area (Å²) in [7, 11) is 0. The van der Waals surface area contributed by atoms with Crippen LogP contribution in [-0.4, -0.2) is 6.54 Å². The van der Waals surface area contributed by atoms with E-state index in [1.165, 1.54) is 25.7 Å². The highest BCUT2D eigenvalue weighted by molar-refractivity contribution is 5.04. The van der Waals surface area contributed by atoms with Gasteiger partial charge in [-0.15, -0.1) is 0 Å². The molecule has 1 N–H and O–H groups in total. The van der Waals surface area contributed by atoms with Crippen molar-refractivity contribution < 1.29 is 4.42 Å². The molecule has 2 nitrogen and oxygen atoms in total. The molecule has 96 valence electrons. The van der Waals surface area contributed by atoms with Crippen molar-refractivity contribution in [2.75, 3.05) is 6.54 Å². The van der Waals surface area contributed by atoms with E-state index in [0.29, 0.717) is 6.04 Å². The largest absolute Gasteiger partial charge is 0.468 e. The first-order chi connectivity index (χ1) is 8.29. The fourth-order valence-corrected chi connectivity index (χ4v) is 2.78. The fourth-order valence-electron chi connectivity index (χ4n) is 2.78. The molecule has 0 saturated heterocycles. The number of nitrogens with one attached hydrogen (secondary N) is 1. The second-order valence-electron chi connectivity index (χ2n) is 5.51. The van der Waals surface area contributed by atoms with E-state index in [9.17, 15) is 0 Å². The maximum atomic E-state index is 5.48. The van der Waals surface area contributed by atoms with Crippen molar-refractivity contribution in [3.63, 3.8) is 0 Å². The van der Waals surface area contributed by atoms with Gasteiger partial charge in [-0.3, -0.25) is 0 Å². The summed E-state index contributed by atoms with van der Waals surface area (Å²) in [6, 6.07) is 4.44. The van der Waals surface area contributed by atoms with Gasteiger partial charge in [-0.2, -0.15) is 0 Å². The maximum Gasteiger partial charge on any atom is 0.120 e. The molecule has 1 atom stereocenters. The van der Waals surface area contributed by atoms with Gasteiger partial charge >= 0.3 is 0 Å². The molecule has 17 heavy (non-hydrogen) atoms. The van der Waals surface area contributed by atoms with Crippen molar-refractivity contribution in [1.82, 2.24) is 5.32 Å². The van der Waals surface area contributed by atoms with Gasteiger partial charge < -0.3 is 9.73 Å². The van der Waals surface area contributed by atoms with E-state index in [-0.39, 0.29) is 0 Å². The van der Waals surface area contributed by atoms with Crippen LogP contribution in [-0.2, 0) is 0 Å². The summed E-state index contributed by atoms with van der Waals surface area (Å²) in [6.07, 6.45) is 8.46. The van der Waals surface area contributed by atoms with Crippen LogP contribution < -0.4 is 5.32 Å². The van der Waals surface area contributed by atoms with E-state index in [4.69, 9.17) is 4.42 Å². The van der Waals surface area contributed by atoms with E-state index in [0.717, 1.165) is 30.6 Å². The first kappa shape index (κ1) is 12.7. The summed E-state index contributed by atoms with van der Waals surface area (Å²) in [5.74, 6) is 2.89. The summed E-state index contributed by atoms with van der Waals surface area (Å²) in [4.78, 5) is 0. The Bertz CT molecular complexity index is 299. The molecule has 2 heteroatoms. The molecule has 1 fully saturated rings. The van der Waals surface area contributed by atoms with Gasteiger partial charge in [0.05, 0.1) is 12.3 Å². The van der Waals surface area contributed by atoms with E-state index in [1.54, 1.807) is 6.26 Å². The second-order valence-corrected chi connectivity index (χ2v) is 5.51. The number of hydrogen-bond donors (Lipinski definition) is 1. The van der Waals surface area contributed by atoms with Gasteiger partial charge in [0.1, 0.15) is 5.76 Å². The number of rotatable bonds is 5. The van der Waals surface area contributed by atoms with Crippen molar-refractivity contribution in [3.05, 3.63) is 24.2 Å². The first-order valence-electron chi connectivity index (χ1n) is 7.06. The lowest BCUT2D eigenvalue weighted by Crippen LogP contribution is -2.29. The molecular weight excluding hydrogens is 210 g/mol. The molecule has 0 spiro atoms. The molecule has 0 aliphatic heterocycles. The van der Waals surface area contributed by atoms with Crippen LogP contribution in [0.25, 0.3) is 0 Å². The number of hydrogen-bond acceptors (Lipinski definition) is 2. The minimum atomic E-state index is 0.393. The molecule has 1 aliphatic rings. The third-order valence-electron chi connectivity index (χ3n) is 4.08. The van der Waals surface area contributed by atoms with Crippen LogP contribution in [0, 0.1) is 11.8 Å². The third kappa shape index (κ3) is 3.60. The van der Waals surface area contributed by atoms with Gasteiger partial charge in [-0.1, -0.05) is 26.7 Å². The van der Waals surface area contributed by atoms with Gasteiger partial charge in [0.15, 0.2) is 0 Å². The highest BCUT2D eigenvalue weighted by atomic mass is 16.3. The lowest BCUT2D eigenvalue weighted by molar-refractivity contribution is 0.267. The zero-order valence-corrected chi connectivity index (χ0v) is 11.1. The van der Waals surface area contributed by atoms with Crippen molar-refractivity contribution in [2.45, 2.75) is 52.0 Å². The van der Waals surface area contributed by atoms with Crippen molar-refractivity contribution >= 4 is 0 Å². The summed E-state index contributed by atoms with van der Waals surface area (Å²) >= 11 is 0. The van der Waals surface area contributed by atoms with Crippen molar-refractivity contribution in [3.8, 4) is 0 Å². The Hall–Kier alpha value is -0.760. The molecular formula is C15H25NO. The third-order valence-corrected chi connectivity index (χ3v) is 4.08. The Labute approximate surface area is 105 Å². The van der Waals surface area contributed by atoms with Crippen LogP contribution in [0.2, 0.25) is 0 Å². The monoisotopic (exact) mass is 235 g/mol. The molecule has 1 saturated carbocycles.